The lowest BCUT2D eigenvalue weighted by Crippen LogP contribution is -2.50. The Balaban J connectivity index is 2.04. The number of ether oxygens (including phenoxy) is 1. The zero-order valence-electron chi connectivity index (χ0n) is 13.9. The second-order valence-corrected chi connectivity index (χ2v) is 7.66. The van der Waals surface area contributed by atoms with E-state index in [9.17, 15) is 13.2 Å². The molecule has 1 aromatic rings. The summed E-state index contributed by atoms with van der Waals surface area (Å²) in [6, 6.07) is 5.46. The molecule has 6 nitrogen and oxygen atoms in total. The number of carbonyl (C=O) groups excluding carboxylic acids is 1. The van der Waals surface area contributed by atoms with Crippen molar-refractivity contribution in [2.45, 2.75) is 25.7 Å². The van der Waals surface area contributed by atoms with Gasteiger partial charge in [-0.05, 0) is 38.0 Å². The molecule has 0 saturated carbocycles. The fraction of sp³-hybridized carbons (Fsp3) is 0.562. The van der Waals surface area contributed by atoms with Crippen LogP contribution in [0.25, 0.3) is 0 Å². The van der Waals surface area contributed by atoms with Crippen LogP contribution in [0, 0.1) is 13.8 Å². The molecule has 128 valence electrons. The van der Waals surface area contributed by atoms with Gasteiger partial charge >= 0.3 is 5.97 Å². The number of hydrogen-bond acceptors (Lipinski definition) is 5. The largest absolute Gasteiger partial charge is 0.465 e. The lowest BCUT2D eigenvalue weighted by atomic mass is 10.2. The third kappa shape index (κ3) is 4.31. The van der Waals surface area contributed by atoms with Crippen molar-refractivity contribution in [3.63, 3.8) is 0 Å². The second-order valence-electron chi connectivity index (χ2n) is 5.75. The van der Waals surface area contributed by atoms with Crippen molar-refractivity contribution in [2.75, 3.05) is 39.3 Å². The van der Waals surface area contributed by atoms with Gasteiger partial charge in [0.1, 0.15) is 0 Å². The molecule has 1 heterocycles. The van der Waals surface area contributed by atoms with E-state index in [1.165, 1.54) is 4.31 Å². The van der Waals surface area contributed by atoms with E-state index in [1.54, 1.807) is 13.0 Å². The number of rotatable bonds is 5. The quantitative estimate of drug-likeness (QED) is 0.753. The fourth-order valence-electron chi connectivity index (χ4n) is 2.64. The Hall–Kier alpha value is -1.44. The Bertz CT molecular complexity index is 665. The van der Waals surface area contributed by atoms with Crippen molar-refractivity contribution in [1.82, 2.24) is 9.21 Å². The summed E-state index contributed by atoms with van der Waals surface area (Å²) in [5, 5.41) is 0. The zero-order chi connectivity index (χ0) is 17.0. The van der Waals surface area contributed by atoms with Crippen LogP contribution < -0.4 is 0 Å². The lowest BCUT2D eigenvalue weighted by Gasteiger charge is -2.33. The summed E-state index contributed by atoms with van der Waals surface area (Å²) in [5.41, 5.74) is 1.68. The van der Waals surface area contributed by atoms with Gasteiger partial charge in [-0.15, -0.1) is 0 Å². The fourth-order valence-corrected chi connectivity index (χ4v) is 4.37. The topological polar surface area (TPSA) is 66.9 Å². The number of sulfonamides is 1. The van der Waals surface area contributed by atoms with Gasteiger partial charge in [-0.25, -0.2) is 8.42 Å². The van der Waals surface area contributed by atoms with Gasteiger partial charge in [0, 0.05) is 26.2 Å². The van der Waals surface area contributed by atoms with Crippen molar-refractivity contribution >= 4 is 16.0 Å². The molecule has 1 fully saturated rings. The standard InChI is InChI=1S/C16H24N2O4S/c1-4-22-16(19)12-17-7-9-18(10-8-17)23(20,21)15-11-13(2)5-6-14(15)3/h5-6,11H,4,7-10,12H2,1-3H3. The number of carbonyl (C=O) groups is 1. The smallest absolute Gasteiger partial charge is 0.320 e. The summed E-state index contributed by atoms with van der Waals surface area (Å²) in [5.74, 6) is -0.265. The summed E-state index contributed by atoms with van der Waals surface area (Å²) in [6.07, 6.45) is 0. The van der Waals surface area contributed by atoms with Gasteiger partial charge < -0.3 is 4.74 Å². The molecule has 0 N–H and O–H groups in total. The van der Waals surface area contributed by atoms with E-state index < -0.39 is 10.0 Å². The molecule has 1 saturated heterocycles. The maximum absolute atomic E-state index is 12.8. The third-order valence-electron chi connectivity index (χ3n) is 3.95. The van der Waals surface area contributed by atoms with Crippen LogP contribution in [-0.2, 0) is 19.6 Å². The van der Waals surface area contributed by atoms with Gasteiger partial charge in [0.05, 0.1) is 18.0 Å². The minimum Gasteiger partial charge on any atom is -0.465 e. The zero-order valence-corrected chi connectivity index (χ0v) is 14.7. The summed E-state index contributed by atoms with van der Waals surface area (Å²) < 4.78 is 32.0. The molecule has 0 aromatic heterocycles. The minimum absolute atomic E-state index is 0.213. The Morgan fingerprint density at radius 3 is 2.43 bits per heavy atom. The maximum Gasteiger partial charge on any atom is 0.320 e. The molecule has 0 bridgehead atoms. The van der Waals surface area contributed by atoms with Crippen molar-refractivity contribution in [3.8, 4) is 0 Å². The van der Waals surface area contributed by atoms with Gasteiger partial charge in [-0.1, -0.05) is 12.1 Å². The highest BCUT2D eigenvalue weighted by molar-refractivity contribution is 7.89. The predicted octanol–water partition coefficient (Wildman–Crippen LogP) is 1.17. The number of nitrogens with zero attached hydrogens (tertiary/aromatic N) is 2. The molecule has 2 rings (SSSR count). The van der Waals surface area contributed by atoms with Gasteiger partial charge in [0.25, 0.3) is 0 Å². The molecule has 0 radical (unpaired) electrons. The molecule has 0 amide bonds. The first-order valence-corrected chi connectivity index (χ1v) is 9.24. The Labute approximate surface area is 138 Å². The average Bonchev–Trinajstić information content (AvgIpc) is 2.50. The van der Waals surface area contributed by atoms with Crippen LogP contribution in [0.5, 0.6) is 0 Å². The molecule has 1 aliphatic heterocycles. The van der Waals surface area contributed by atoms with Crippen molar-refractivity contribution in [1.29, 1.82) is 0 Å². The van der Waals surface area contributed by atoms with E-state index >= 15 is 0 Å². The molecule has 0 aliphatic carbocycles. The van der Waals surface area contributed by atoms with Crippen LogP contribution in [0.15, 0.2) is 23.1 Å². The molecular weight excluding hydrogens is 316 g/mol. The molecule has 0 spiro atoms. The first-order chi connectivity index (χ1) is 10.8. The Morgan fingerprint density at radius 1 is 1.17 bits per heavy atom. The first kappa shape index (κ1) is 17.9. The van der Waals surface area contributed by atoms with E-state index in [0.29, 0.717) is 37.7 Å². The second kappa shape index (κ2) is 7.42. The van der Waals surface area contributed by atoms with Gasteiger partial charge in [0.15, 0.2) is 0 Å². The van der Waals surface area contributed by atoms with Crippen molar-refractivity contribution in [2.24, 2.45) is 0 Å². The van der Waals surface area contributed by atoms with Gasteiger partial charge in [0.2, 0.25) is 10.0 Å². The number of piperazine rings is 1. The minimum atomic E-state index is -3.49. The van der Waals surface area contributed by atoms with Crippen molar-refractivity contribution in [3.05, 3.63) is 29.3 Å². The summed E-state index contributed by atoms with van der Waals surface area (Å²) in [7, 11) is -3.49. The number of aryl methyl sites for hydroxylation is 2. The molecule has 0 unspecified atom stereocenters. The van der Waals surface area contributed by atoms with Crippen LogP contribution in [0.1, 0.15) is 18.1 Å². The molecule has 0 atom stereocenters. The van der Waals surface area contributed by atoms with E-state index in [1.807, 2.05) is 30.9 Å². The SMILES string of the molecule is CCOC(=O)CN1CCN(S(=O)(=O)c2cc(C)ccc2C)CC1. The van der Waals surface area contributed by atoms with Crippen molar-refractivity contribution < 1.29 is 17.9 Å². The average molecular weight is 340 g/mol. The van der Waals surface area contributed by atoms with Crippen LogP contribution >= 0.6 is 0 Å². The number of hydrogen-bond donors (Lipinski definition) is 0. The molecule has 1 aliphatic rings. The maximum atomic E-state index is 12.8. The van der Waals surface area contributed by atoms with Crippen LogP contribution in [0.3, 0.4) is 0 Å². The van der Waals surface area contributed by atoms with Gasteiger partial charge in [-0.2, -0.15) is 4.31 Å². The highest BCUT2D eigenvalue weighted by atomic mass is 32.2. The summed E-state index contributed by atoms with van der Waals surface area (Å²) >= 11 is 0. The van der Waals surface area contributed by atoms with E-state index in [2.05, 4.69) is 0 Å². The highest BCUT2D eigenvalue weighted by Crippen LogP contribution is 2.22. The van der Waals surface area contributed by atoms with E-state index in [-0.39, 0.29) is 12.5 Å². The molecular formula is C16H24N2O4S. The summed E-state index contributed by atoms with van der Waals surface area (Å²) in [6.45, 7) is 7.87. The van der Waals surface area contributed by atoms with Crippen LogP contribution in [0.4, 0.5) is 0 Å². The monoisotopic (exact) mass is 340 g/mol. The third-order valence-corrected chi connectivity index (χ3v) is 5.99. The first-order valence-electron chi connectivity index (χ1n) is 7.80. The van der Waals surface area contributed by atoms with Gasteiger partial charge in [-0.3, -0.25) is 9.69 Å². The highest BCUT2D eigenvalue weighted by Gasteiger charge is 2.30. The summed E-state index contributed by atoms with van der Waals surface area (Å²) in [4.78, 5) is 13.8. The lowest BCUT2D eigenvalue weighted by molar-refractivity contribution is -0.144. The Kier molecular flexibility index (Phi) is 5.78. The molecule has 7 heteroatoms. The van der Waals surface area contributed by atoms with Crippen LogP contribution in [-0.4, -0.2) is 62.9 Å². The molecule has 23 heavy (non-hydrogen) atoms. The normalized spacial score (nSPS) is 17.2. The van der Waals surface area contributed by atoms with E-state index in [0.717, 1.165) is 11.1 Å². The molecule has 1 aromatic carbocycles. The number of esters is 1. The number of benzene rings is 1. The Morgan fingerprint density at radius 2 is 1.83 bits per heavy atom. The van der Waals surface area contributed by atoms with E-state index in [4.69, 9.17) is 4.74 Å². The predicted molar refractivity (Wildman–Crippen MR) is 87.7 cm³/mol. The van der Waals surface area contributed by atoms with Crippen LogP contribution in [0.2, 0.25) is 0 Å².